The summed E-state index contributed by atoms with van der Waals surface area (Å²) in [5.41, 5.74) is 3.46. The highest BCUT2D eigenvalue weighted by atomic mass is 32.1. The van der Waals surface area contributed by atoms with Gasteiger partial charge in [0.25, 0.3) is 0 Å². The van der Waals surface area contributed by atoms with Crippen molar-refractivity contribution in [2.24, 2.45) is 0 Å². The first-order valence-corrected chi connectivity index (χ1v) is 7.20. The zero-order chi connectivity index (χ0) is 13.8. The van der Waals surface area contributed by atoms with Crippen LogP contribution in [0.4, 0.5) is 0 Å². The molecule has 0 bridgehead atoms. The van der Waals surface area contributed by atoms with Crippen LogP contribution in [0.1, 0.15) is 29.1 Å². The number of benzene rings is 1. The molecule has 0 aliphatic heterocycles. The van der Waals surface area contributed by atoms with E-state index in [0.717, 1.165) is 10.7 Å². The minimum absolute atomic E-state index is 0.334. The number of rotatable bonds is 5. The molecule has 102 valence electrons. The molecule has 0 aliphatic rings. The van der Waals surface area contributed by atoms with E-state index >= 15 is 0 Å². The summed E-state index contributed by atoms with van der Waals surface area (Å²) in [6, 6.07) is 8.62. The number of methoxy groups -OCH3 is 1. The van der Waals surface area contributed by atoms with Crippen LogP contribution < -0.4 is 5.32 Å². The maximum absolute atomic E-state index is 5.26. The van der Waals surface area contributed by atoms with Gasteiger partial charge < -0.3 is 10.1 Å². The normalized spacial score (nSPS) is 12.6. The second kappa shape index (κ2) is 6.28. The van der Waals surface area contributed by atoms with E-state index in [4.69, 9.17) is 9.72 Å². The van der Waals surface area contributed by atoms with Gasteiger partial charge in [0.15, 0.2) is 0 Å². The van der Waals surface area contributed by atoms with Gasteiger partial charge in [-0.15, -0.1) is 11.3 Å². The predicted molar refractivity (Wildman–Crippen MR) is 80.5 cm³/mol. The van der Waals surface area contributed by atoms with E-state index in [1.807, 2.05) is 19.2 Å². The lowest BCUT2D eigenvalue weighted by Gasteiger charge is -2.07. The molecule has 3 nitrogen and oxygen atoms in total. The van der Waals surface area contributed by atoms with E-state index in [2.05, 4.69) is 31.3 Å². The third kappa shape index (κ3) is 3.03. The Kier molecular flexibility index (Phi) is 4.69. The molecule has 1 aromatic heterocycles. The Morgan fingerprint density at radius 3 is 2.79 bits per heavy atom. The van der Waals surface area contributed by atoms with E-state index < -0.39 is 0 Å². The van der Waals surface area contributed by atoms with Crippen LogP contribution in [0.2, 0.25) is 0 Å². The fourth-order valence-corrected chi connectivity index (χ4v) is 3.25. The van der Waals surface area contributed by atoms with Crippen LogP contribution in [-0.4, -0.2) is 19.1 Å². The first-order valence-electron chi connectivity index (χ1n) is 6.39. The quantitative estimate of drug-likeness (QED) is 0.907. The largest absolute Gasteiger partial charge is 0.380 e. The second-order valence-corrected chi connectivity index (χ2v) is 5.60. The number of nitrogens with one attached hydrogen (secondary N) is 1. The minimum atomic E-state index is 0.334. The second-order valence-electron chi connectivity index (χ2n) is 4.57. The molecule has 2 rings (SSSR count). The number of aryl methyl sites for hydroxylation is 1. The summed E-state index contributed by atoms with van der Waals surface area (Å²) in [4.78, 5) is 6.01. The van der Waals surface area contributed by atoms with Gasteiger partial charge in [-0.25, -0.2) is 4.98 Å². The molecule has 0 aliphatic carbocycles. The van der Waals surface area contributed by atoms with Crippen LogP contribution >= 0.6 is 11.3 Å². The van der Waals surface area contributed by atoms with Gasteiger partial charge in [-0.3, -0.25) is 0 Å². The molecule has 0 spiro atoms. The van der Waals surface area contributed by atoms with E-state index in [9.17, 15) is 0 Å². The lowest BCUT2D eigenvalue weighted by atomic mass is 10.1. The summed E-state index contributed by atoms with van der Waals surface area (Å²) in [6.45, 7) is 4.85. The summed E-state index contributed by atoms with van der Waals surface area (Å²) in [7, 11) is 3.70. The number of hydrogen-bond acceptors (Lipinski definition) is 4. The highest BCUT2D eigenvalue weighted by molar-refractivity contribution is 7.15. The Bertz CT molecular complexity index is 551. The van der Waals surface area contributed by atoms with Crippen LogP contribution in [-0.2, 0) is 11.3 Å². The summed E-state index contributed by atoms with van der Waals surface area (Å²) in [6.07, 6.45) is 0. The fraction of sp³-hybridized carbons (Fsp3) is 0.400. The monoisotopic (exact) mass is 276 g/mol. The molecule has 0 saturated carbocycles. The number of aromatic nitrogens is 1. The van der Waals surface area contributed by atoms with Gasteiger partial charge in [-0.05, 0) is 26.5 Å². The number of nitrogens with zero attached hydrogens (tertiary/aromatic N) is 1. The van der Waals surface area contributed by atoms with E-state index in [0.29, 0.717) is 12.6 Å². The summed E-state index contributed by atoms with van der Waals surface area (Å²) >= 11 is 1.76. The Labute approximate surface area is 118 Å². The molecule has 1 atom stereocenters. The van der Waals surface area contributed by atoms with Gasteiger partial charge in [-0.1, -0.05) is 24.3 Å². The number of thiazole rings is 1. The third-order valence-corrected chi connectivity index (χ3v) is 4.58. The molecule has 1 aromatic carbocycles. The summed E-state index contributed by atoms with van der Waals surface area (Å²) in [5, 5.41) is 4.34. The summed E-state index contributed by atoms with van der Waals surface area (Å²) in [5.74, 6) is 0. The molecule has 1 unspecified atom stereocenters. The molecule has 0 amide bonds. The standard InChI is InChI=1S/C15H20N2OS/c1-10(16-3)14-11(2)17-15(19-14)13-8-6-5-7-12(13)9-18-4/h5-8,10,16H,9H2,1-4H3. The average molecular weight is 276 g/mol. The van der Waals surface area contributed by atoms with E-state index in [1.165, 1.54) is 16.0 Å². The van der Waals surface area contributed by atoms with Crippen molar-refractivity contribution in [3.8, 4) is 10.6 Å². The molecule has 0 saturated heterocycles. The molecule has 0 fully saturated rings. The molecule has 4 heteroatoms. The molecule has 0 radical (unpaired) electrons. The van der Waals surface area contributed by atoms with Gasteiger partial charge in [0.2, 0.25) is 0 Å². The third-order valence-electron chi connectivity index (χ3n) is 3.21. The lowest BCUT2D eigenvalue weighted by molar-refractivity contribution is 0.185. The SMILES string of the molecule is CNC(C)c1sc(-c2ccccc2COC)nc1C. The predicted octanol–water partition coefficient (Wildman–Crippen LogP) is 3.55. The average Bonchev–Trinajstić information content (AvgIpc) is 2.81. The van der Waals surface area contributed by atoms with Gasteiger partial charge in [0, 0.05) is 23.6 Å². The molecular weight excluding hydrogens is 256 g/mol. The Hall–Kier alpha value is -1.23. The van der Waals surface area contributed by atoms with E-state index in [1.54, 1.807) is 18.4 Å². The first-order chi connectivity index (χ1) is 9.17. The molecule has 1 N–H and O–H groups in total. The Morgan fingerprint density at radius 1 is 1.37 bits per heavy atom. The van der Waals surface area contributed by atoms with Crippen molar-refractivity contribution in [2.75, 3.05) is 14.2 Å². The minimum Gasteiger partial charge on any atom is -0.380 e. The highest BCUT2D eigenvalue weighted by Crippen LogP contribution is 2.33. The van der Waals surface area contributed by atoms with Crippen molar-refractivity contribution in [3.63, 3.8) is 0 Å². The van der Waals surface area contributed by atoms with Gasteiger partial charge in [-0.2, -0.15) is 0 Å². The van der Waals surface area contributed by atoms with Crippen molar-refractivity contribution in [3.05, 3.63) is 40.4 Å². The molecule has 2 aromatic rings. The zero-order valence-electron chi connectivity index (χ0n) is 11.9. The molecule has 1 heterocycles. The first kappa shape index (κ1) is 14.2. The number of hydrogen-bond donors (Lipinski definition) is 1. The van der Waals surface area contributed by atoms with Crippen LogP contribution in [0.5, 0.6) is 0 Å². The maximum atomic E-state index is 5.26. The van der Waals surface area contributed by atoms with Crippen LogP contribution in [0.15, 0.2) is 24.3 Å². The number of ether oxygens (including phenoxy) is 1. The lowest BCUT2D eigenvalue weighted by Crippen LogP contribution is -2.11. The van der Waals surface area contributed by atoms with E-state index in [-0.39, 0.29) is 0 Å². The highest BCUT2D eigenvalue weighted by Gasteiger charge is 2.15. The smallest absolute Gasteiger partial charge is 0.124 e. The Morgan fingerprint density at radius 2 is 2.11 bits per heavy atom. The van der Waals surface area contributed by atoms with Crippen molar-refractivity contribution in [1.29, 1.82) is 0 Å². The van der Waals surface area contributed by atoms with Gasteiger partial charge in [0.05, 0.1) is 12.3 Å². The van der Waals surface area contributed by atoms with Crippen LogP contribution in [0.3, 0.4) is 0 Å². The molecule has 19 heavy (non-hydrogen) atoms. The van der Waals surface area contributed by atoms with Crippen LogP contribution in [0.25, 0.3) is 10.6 Å². The van der Waals surface area contributed by atoms with Gasteiger partial charge in [0.1, 0.15) is 5.01 Å². The van der Waals surface area contributed by atoms with Crippen molar-refractivity contribution in [2.45, 2.75) is 26.5 Å². The summed E-state index contributed by atoms with van der Waals surface area (Å²) < 4.78 is 5.26. The molecular formula is C15H20N2OS. The maximum Gasteiger partial charge on any atom is 0.124 e. The van der Waals surface area contributed by atoms with Crippen molar-refractivity contribution < 1.29 is 4.74 Å². The zero-order valence-corrected chi connectivity index (χ0v) is 12.7. The Balaban J connectivity index is 2.42. The van der Waals surface area contributed by atoms with Crippen molar-refractivity contribution in [1.82, 2.24) is 10.3 Å². The topological polar surface area (TPSA) is 34.1 Å². The van der Waals surface area contributed by atoms with Crippen LogP contribution in [0, 0.1) is 6.92 Å². The van der Waals surface area contributed by atoms with Gasteiger partial charge >= 0.3 is 0 Å². The van der Waals surface area contributed by atoms with Crippen molar-refractivity contribution >= 4 is 11.3 Å². The fourth-order valence-electron chi connectivity index (χ4n) is 2.07.